The van der Waals surface area contributed by atoms with Gasteiger partial charge in [-0.3, -0.25) is 0 Å². The number of aryl methyl sites for hydroxylation is 1. The van der Waals surface area contributed by atoms with Crippen molar-refractivity contribution >= 4 is 28.4 Å². The zero-order valence-electron chi connectivity index (χ0n) is 25.5. The van der Waals surface area contributed by atoms with Crippen molar-refractivity contribution in [2.24, 2.45) is 0 Å². The van der Waals surface area contributed by atoms with Crippen LogP contribution < -0.4 is 20.3 Å². The van der Waals surface area contributed by atoms with Crippen molar-refractivity contribution in [1.29, 1.82) is 0 Å². The minimum absolute atomic E-state index is 0.194. The van der Waals surface area contributed by atoms with Crippen LogP contribution in [0.5, 0.6) is 6.01 Å². The van der Waals surface area contributed by atoms with Crippen molar-refractivity contribution in [2.45, 2.75) is 57.7 Å². The highest BCUT2D eigenvalue weighted by Gasteiger charge is 2.34. The number of nitrogens with zero attached hydrogens (tertiary/aromatic N) is 3. The highest BCUT2D eigenvalue weighted by Crippen LogP contribution is 2.34. The lowest BCUT2D eigenvalue weighted by molar-refractivity contribution is 0.136. The number of fused-ring (bicyclic) bond motifs is 3. The standard InChI is InChI=1S/C35H41F2N5O2/c1-3-25-19-24(10-15-31(25)36)8-4-7-23(2)29-13-14-30-33(32(29)37)40-35(44-18-6-16-38-28-9-5-17-43-22-28)41-34(30)42-20-26-11-12-27(21-42)39-26/h4-5,7-10,13-15,19,26-28,38-39H,3,6,11-12,16-18,20-22H2,1-2H3/b8-4-,23-7+. The Morgan fingerprint density at radius 2 is 2.00 bits per heavy atom. The zero-order chi connectivity index (χ0) is 30.5. The van der Waals surface area contributed by atoms with E-state index in [1.165, 1.54) is 6.07 Å². The zero-order valence-corrected chi connectivity index (χ0v) is 25.5. The Morgan fingerprint density at radius 3 is 2.77 bits per heavy atom. The van der Waals surface area contributed by atoms with Crippen LogP contribution in [0.1, 0.15) is 49.8 Å². The number of hydrogen-bond acceptors (Lipinski definition) is 7. The van der Waals surface area contributed by atoms with Crippen molar-refractivity contribution < 1.29 is 18.3 Å². The van der Waals surface area contributed by atoms with E-state index in [1.807, 2.05) is 56.4 Å². The van der Waals surface area contributed by atoms with Gasteiger partial charge in [0.15, 0.2) is 5.82 Å². The molecule has 0 amide bonds. The summed E-state index contributed by atoms with van der Waals surface area (Å²) in [6, 6.07) is 10.0. The molecule has 3 unspecified atom stereocenters. The van der Waals surface area contributed by atoms with Gasteiger partial charge in [0.05, 0.1) is 19.8 Å². The Hall–Kier alpha value is -3.66. The summed E-state index contributed by atoms with van der Waals surface area (Å²) >= 11 is 0. The third-order valence-corrected chi connectivity index (χ3v) is 8.63. The molecule has 3 aliphatic heterocycles. The first-order valence-electron chi connectivity index (χ1n) is 15.7. The minimum atomic E-state index is -0.392. The van der Waals surface area contributed by atoms with Crippen LogP contribution in [-0.2, 0) is 11.2 Å². The normalized spacial score (nSPS) is 22.0. The Bertz CT molecular complexity index is 1560. The first-order chi connectivity index (χ1) is 21.5. The number of benzene rings is 2. The predicted molar refractivity (Wildman–Crippen MR) is 172 cm³/mol. The summed E-state index contributed by atoms with van der Waals surface area (Å²) < 4.78 is 41.6. The molecule has 0 radical (unpaired) electrons. The van der Waals surface area contributed by atoms with Crippen LogP contribution in [0, 0.1) is 11.6 Å². The van der Waals surface area contributed by atoms with Gasteiger partial charge in [0.2, 0.25) is 0 Å². The van der Waals surface area contributed by atoms with Gasteiger partial charge in [0, 0.05) is 42.2 Å². The summed E-state index contributed by atoms with van der Waals surface area (Å²) in [7, 11) is 0. The SMILES string of the molecule is CCc1cc(/C=C\C=C(/C)c2ccc3c(N4CC5CCC(C4)N5)nc(OCCCNC4C=CCOC4)nc3c2F)ccc1F. The van der Waals surface area contributed by atoms with Crippen molar-refractivity contribution in [1.82, 2.24) is 20.6 Å². The van der Waals surface area contributed by atoms with E-state index in [-0.39, 0.29) is 23.4 Å². The Kier molecular flexibility index (Phi) is 9.64. The second-order valence-electron chi connectivity index (χ2n) is 11.8. The topological polar surface area (TPSA) is 71.5 Å². The second-order valence-corrected chi connectivity index (χ2v) is 11.8. The van der Waals surface area contributed by atoms with E-state index >= 15 is 4.39 Å². The Morgan fingerprint density at radius 1 is 1.16 bits per heavy atom. The molecule has 0 aliphatic carbocycles. The second kappa shape index (κ2) is 14.0. The van der Waals surface area contributed by atoms with Crippen LogP contribution in [0.25, 0.3) is 22.6 Å². The highest BCUT2D eigenvalue weighted by atomic mass is 19.1. The molecule has 2 bridgehead atoms. The molecule has 2 N–H and O–H groups in total. The monoisotopic (exact) mass is 601 g/mol. The molecule has 2 fully saturated rings. The van der Waals surface area contributed by atoms with Gasteiger partial charge in [-0.1, -0.05) is 49.4 Å². The van der Waals surface area contributed by atoms with Gasteiger partial charge in [-0.2, -0.15) is 9.97 Å². The largest absolute Gasteiger partial charge is 0.463 e. The molecule has 232 valence electrons. The number of rotatable bonds is 11. The van der Waals surface area contributed by atoms with Crippen LogP contribution in [0.2, 0.25) is 0 Å². The fourth-order valence-electron chi connectivity index (χ4n) is 6.26. The van der Waals surface area contributed by atoms with Gasteiger partial charge in [-0.05, 0) is 74.1 Å². The lowest BCUT2D eigenvalue weighted by atomic mass is 10.0. The smallest absolute Gasteiger partial charge is 0.319 e. The van der Waals surface area contributed by atoms with Crippen molar-refractivity contribution in [3.8, 4) is 6.01 Å². The van der Waals surface area contributed by atoms with E-state index in [9.17, 15) is 4.39 Å². The van der Waals surface area contributed by atoms with E-state index < -0.39 is 5.82 Å². The summed E-state index contributed by atoms with van der Waals surface area (Å²) in [5, 5.41) is 7.79. The number of anilines is 1. The highest BCUT2D eigenvalue weighted by molar-refractivity contribution is 5.93. The van der Waals surface area contributed by atoms with Gasteiger partial charge in [0.25, 0.3) is 0 Å². The van der Waals surface area contributed by atoms with Gasteiger partial charge in [-0.15, -0.1) is 0 Å². The van der Waals surface area contributed by atoms with Crippen LogP contribution in [0.4, 0.5) is 14.6 Å². The van der Waals surface area contributed by atoms with Crippen LogP contribution in [-0.4, -0.2) is 67.5 Å². The molecule has 2 aromatic carbocycles. The molecule has 4 heterocycles. The number of nitrogens with one attached hydrogen (secondary N) is 2. The minimum Gasteiger partial charge on any atom is -0.463 e. The quantitative estimate of drug-likeness (QED) is 0.163. The van der Waals surface area contributed by atoms with Crippen LogP contribution in [0.15, 0.2) is 54.6 Å². The number of ether oxygens (including phenoxy) is 2. The summed E-state index contributed by atoms with van der Waals surface area (Å²) in [6.07, 6.45) is 13.4. The fourth-order valence-corrected chi connectivity index (χ4v) is 6.26. The van der Waals surface area contributed by atoms with E-state index in [1.54, 1.807) is 6.07 Å². The molecule has 7 nitrogen and oxygen atoms in total. The Balaban J connectivity index is 1.24. The molecule has 44 heavy (non-hydrogen) atoms. The summed E-state index contributed by atoms with van der Waals surface area (Å²) in [4.78, 5) is 11.7. The molecule has 9 heteroatoms. The third kappa shape index (κ3) is 7.01. The first kappa shape index (κ1) is 30.4. The van der Waals surface area contributed by atoms with E-state index in [0.717, 1.165) is 55.9 Å². The van der Waals surface area contributed by atoms with Crippen molar-refractivity contribution in [3.05, 3.63) is 83.0 Å². The third-order valence-electron chi connectivity index (χ3n) is 8.63. The lowest BCUT2D eigenvalue weighted by Crippen LogP contribution is -2.51. The summed E-state index contributed by atoms with van der Waals surface area (Å²) in [5.74, 6) is 0.134. The fraction of sp³-hybridized carbons (Fsp3) is 0.429. The first-order valence-corrected chi connectivity index (χ1v) is 15.7. The maximum atomic E-state index is 16.2. The van der Waals surface area contributed by atoms with E-state index in [0.29, 0.717) is 54.8 Å². The molecule has 3 atom stereocenters. The number of piperazine rings is 1. The molecular weight excluding hydrogens is 560 g/mol. The summed E-state index contributed by atoms with van der Waals surface area (Å²) in [5.41, 5.74) is 3.06. The van der Waals surface area contributed by atoms with E-state index in [2.05, 4.69) is 26.6 Å². The summed E-state index contributed by atoms with van der Waals surface area (Å²) in [6.45, 7) is 7.95. The maximum absolute atomic E-state index is 16.2. The lowest BCUT2D eigenvalue weighted by Gasteiger charge is -2.34. The molecule has 6 rings (SSSR count). The predicted octanol–water partition coefficient (Wildman–Crippen LogP) is 5.84. The van der Waals surface area contributed by atoms with Crippen LogP contribution >= 0.6 is 0 Å². The van der Waals surface area contributed by atoms with Crippen molar-refractivity contribution in [2.75, 3.05) is 44.4 Å². The van der Waals surface area contributed by atoms with Crippen molar-refractivity contribution in [3.63, 3.8) is 0 Å². The molecular formula is C35H41F2N5O2. The number of halogens is 2. The molecule has 0 spiro atoms. The van der Waals surface area contributed by atoms with Gasteiger partial charge in [0.1, 0.15) is 17.2 Å². The average Bonchev–Trinajstić information content (AvgIpc) is 3.38. The number of aromatic nitrogens is 2. The van der Waals surface area contributed by atoms with Gasteiger partial charge < -0.3 is 25.0 Å². The average molecular weight is 602 g/mol. The molecule has 3 aromatic rings. The molecule has 3 aliphatic rings. The van der Waals surface area contributed by atoms with Gasteiger partial charge >= 0.3 is 6.01 Å². The molecule has 1 aromatic heterocycles. The Labute approximate surface area is 258 Å². The van der Waals surface area contributed by atoms with Gasteiger partial charge in [-0.25, -0.2) is 8.78 Å². The molecule has 0 saturated carbocycles. The maximum Gasteiger partial charge on any atom is 0.319 e. The van der Waals surface area contributed by atoms with E-state index in [4.69, 9.17) is 14.5 Å². The van der Waals surface area contributed by atoms with Crippen LogP contribution in [0.3, 0.4) is 0 Å². The molecule has 2 saturated heterocycles. The number of allylic oxidation sites excluding steroid dienone is 3. The number of hydrogen-bond donors (Lipinski definition) is 2.